The number of rotatable bonds is 6. The van der Waals surface area contributed by atoms with Crippen molar-refractivity contribution >= 4 is 11.6 Å². The third-order valence-electron chi connectivity index (χ3n) is 4.47. The van der Waals surface area contributed by atoms with E-state index in [9.17, 15) is 4.79 Å². The number of anilines is 1. The summed E-state index contributed by atoms with van der Waals surface area (Å²) in [5.41, 5.74) is 2.48. The molecule has 0 saturated carbocycles. The number of carbonyl (C=O) groups excluding carboxylic acids is 1. The standard InChI is InChI=1S/C18H28N2O/c1-3-15-9-5-6-11-17(15)19-13-12-18(21)20-14-8-7-10-16(20)4-2/h5-6,9,11,16,19H,3-4,7-8,10,12-14H2,1-2H3. The lowest BCUT2D eigenvalue weighted by Gasteiger charge is -2.35. The maximum atomic E-state index is 12.4. The molecule has 0 bridgehead atoms. The minimum Gasteiger partial charge on any atom is -0.384 e. The van der Waals surface area contributed by atoms with Crippen LogP contribution in [0.5, 0.6) is 0 Å². The Morgan fingerprint density at radius 2 is 2.10 bits per heavy atom. The molecule has 3 heteroatoms. The van der Waals surface area contributed by atoms with Gasteiger partial charge in [0.15, 0.2) is 0 Å². The number of hydrogen-bond acceptors (Lipinski definition) is 2. The monoisotopic (exact) mass is 288 g/mol. The van der Waals surface area contributed by atoms with E-state index in [1.54, 1.807) is 0 Å². The molecular formula is C18H28N2O. The topological polar surface area (TPSA) is 32.3 Å². The Labute approximate surface area is 128 Å². The molecule has 1 aromatic rings. The lowest BCUT2D eigenvalue weighted by atomic mass is 9.99. The Bertz CT molecular complexity index is 458. The molecule has 0 aliphatic carbocycles. The first-order valence-corrected chi connectivity index (χ1v) is 8.37. The minimum absolute atomic E-state index is 0.308. The fourth-order valence-electron chi connectivity index (χ4n) is 3.20. The van der Waals surface area contributed by atoms with Gasteiger partial charge < -0.3 is 10.2 Å². The van der Waals surface area contributed by atoms with Gasteiger partial charge in [-0.05, 0) is 43.7 Å². The van der Waals surface area contributed by atoms with Crippen LogP contribution in [-0.4, -0.2) is 29.9 Å². The van der Waals surface area contributed by atoms with Gasteiger partial charge in [-0.1, -0.05) is 32.0 Å². The summed E-state index contributed by atoms with van der Waals surface area (Å²) in [5.74, 6) is 0.308. The highest BCUT2D eigenvalue weighted by atomic mass is 16.2. The average Bonchev–Trinajstić information content (AvgIpc) is 2.55. The van der Waals surface area contributed by atoms with Gasteiger partial charge in [0, 0.05) is 31.2 Å². The second kappa shape index (κ2) is 8.06. The van der Waals surface area contributed by atoms with E-state index in [0.29, 0.717) is 18.4 Å². The van der Waals surface area contributed by atoms with Gasteiger partial charge in [0.2, 0.25) is 5.91 Å². The van der Waals surface area contributed by atoms with Gasteiger partial charge in [-0.2, -0.15) is 0 Å². The second-order valence-corrected chi connectivity index (χ2v) is 5.83. The van der Waals surface area contributed by atoms with Crippen LogP contribution < -0.4 is 5.32 Å². The third kappa shape index (κ3) is 4.23. The maximum Gasteiger partial charge on any atom is 0.224 e. The molecule has 0 spiro atoms. The molecule has 0 radical (unpaired) electrons. The van der Waals surface area contributed by atoms with Crippen LogP contribution in [0.1, 0.15) is 51.5 Å². The zero-order chi connectivity index (χ0) is 15.1. The summed E-state index contributed by atoms with van der Waals surface area (Å²) in [6, 6.07) is 8.81. The second-order valence-electron chi connectivity index (χ2n) is 5.83. The molecule has 3 nitrogen and oxygen atoms in total. The number of benzene rings is 1. The number of aryl methyl sites for hydroxylation is 1. The van der Waals surface area contributed by atoms with Crippen LogP contribution in [0.4, 0.5) is 5.69 Å². The number of carbonyl (C=O) groups is 1. The van der Waals surface area contributed by atoms with Gasteiger partial charge in [-0.3, -0.25) is 4.79 Å². The number of nitrogens with one attached hydrogen (secondary N) is 1. The molecule has 1 amide bonds. The molecule has 1 atom stereocenters. The van der Waals surface area contributed by atoms with E-state index in [1.165, 1.54) is 24.1 Å². The van der Waals surface area contributed by atoms with Crippen molar-refractivity contribution in [3.63, 3.8) is 0 Å². The minimum atomic E-state index is 0.308. The molecule has 2 rings (SSSR count). The van der Waals surface area contributed by atoms with E-state index >= 15 is 0 Å². The molecule has 1 fully saturated rings. The van der Waals surface area contributed by atoms with Gasteiger partial charge in [0.25, 0.3) is 0 Å². The van der Waals surface area contributed by atoms with E-state index < -0.39 is 0 Å². The summed E-state index contributed by atoms with van der Waals surface area (Å²) < 4.78 is 0. The van der Waals surface area contributed by atoms with Crippen molar-refractivity contribution in [1.82, 2.24) is 4.90 Å². The molecule has 1 aromatic carbocycles. The van der Waals surface area contributed by atoms with Crippen LogP contribution in [0.2, 0.25) is 0 Å². The van der Waals surface area contributed by atoms with Crippen LogP contribution in [0.25, 0.3) is 0 Å². The van der Waals surface area contributed by atoms with E-state index in [2.05, 4.69) is 42.3 Å². The summed E-state index contributed by atoms with van der Waals surface area (Å²) in [6.45, 7) is 6.02. The fourth-order valence-corrected chi connectivity index (χ4v) is 3.20. The Hall–Kier alpha value is -1.51. The zero-order valence-corrected chi connectivity index (χ0v) is 13.4. The largest absolute Gasteiger partial charge is 0.384 e. The number of likely N-dealkylation sites (tertiary alicyclic amines) is 1. The lowest BCUT2D eigenvalue weighted by Crippen LogP contribution is -2.43. The highest BCUT2D eigenvalue weighted by Crippen LogP contribution is 2.20. The molecule has 1 N–H and O–H groups in total. The summed E-state index contributed by atoms with van der Waals surface area (Å²) in [6.07, 6.45) is 6.29. The molecule has 1 unspecified atom stereocenters. The lowest BCUT2D eigenvalue weighted by molar-refractivity contribution is -0.134. The third-order valence-corrected chi connectivity index (χ3v) is 4.47. The number of para-hydroxylation sites is 1. The zero-order valence-electron chi connectivity index (χ0n) is 13.4. The van der Waals surface area contributed by atoms with Gasteiger partial charge in [0.05, 0.1) is 0 Å². The predicted octanol–water partition coefficient (Wildman–Crippen LogP) is 3.84. The van der Waals surface area contributed by atoms with Gasteiger partial charge >= 0.3 is 0 Å². The van der Waals surface area contributed by atoms with Crippen molar-refractivity contribution in [1.29, 1.82) is 0 Å². The number of piperidine rings is 1. The molecule has 1 aliphatic rings. The van der Waals surface area contributed by atoms with Crippen LogP contribution >= 0.6 is 0 Å². The number of nitrogens with zero attached hydrogens (tertiary/aromatic N) is 1. The number of hydrogen-bond donors (Lipinski definition) is 1. The quantitative estimate of drug-likeness (QED) is 0.862. The summed E-state index contributed by atoms with van der Waals surface area (Å²) >= 11 is 0. The maximum absolute atomic E-state index is 12.4. The van der Waals surface area contributed by atoms with Crippen LogP contribution in [0.3, 0.4) is 0 Å². The highest BCUT2D eigenvalue weighted by molar-refractivity contribution is 5.77. The molecule has 1 saturated heterocycles. The summed E-state index contributed by atoms with van der Waals surface area (Å²) in [4.78, 5) is 14.5. The normalized spacial score (nSPS) is 18.6. The van der Waals surface area contributed by atoms with Crippen LogP contribution in [0, 0.1) is 0 Å². The van der Waals surface area contributed by atoms with E-state index in [1.807, 2.05) is 6.07 Å². The smallest absolute Gasteiger partial charge is 0.224 e. The van der Waals surface area contributed by atoms with Crippen molar-refractivity contribution in [3.8, 4) is 0 Å². The van der Waals surface area contributed by atoms with Crippen molar-refractivity contribution in [2.75, 3.05) is 18.4 Å². The molecular weight excluding hydrogens is 260 g/mol. The van der Waals surface area contributed by atoms with Crippen molar-refractivity contribution < 1.29 is 4.79 Å². The first kappa shape index (κ1) is 15.9. The SMILES string of the molecule is CCc1ccccc1NCCC(=O)N1CCCCC1CC. The van der Waals surface area contributed by atoms with E-state index in [0.717, 1.165) is 32.4 Å². The molecule has 116 valence electrons. The molecule has 0 aromatic heterocycles. The first-order chi connectivity index (χ1) is 10.3. The van der Waals surface area contributed by atoms with Crippen molar-refractivity contribution in [3.05, 3.63) is 29.8 Å². The molecule has 1 heterocycles. The Balaban J connectivity index is 1.83. The Morgan fingerprint density at radius 1 is 1.29 bits per heavy atom. The van der Waals surface area contributed by atoms with Gasteiger partial charge in [-0.15, -0.1) is 0 Å². The molecule has 1 aliphatic heterocycles. The van der Waals surface area contributed by atoms with Crippen molar-refractivity contribution in [2.24, 2.45) is 0 Å². The van der Waals surface area contributed by atoms with Crippen LogP contribution in [0.15, 0.2) is 24.3 Å². The van der Waals surface area contributed by atoms with Crippen LogP contribution in [-0.2, 0) is 11.2 Å². The fraction of sp³-hybridized carbons (Fsp3) is 0.611. The van der Waals surface area contributed by atoms with Gasteiger partial charge in [-0.25, -0.2) is 0 Å². The Morgan fingerprint density at radius 3 is 2.86 bits per heavy atom. The van der Waals surface area contributed by atoms with Gasteiger partial charge in [0.1, 0.15) is 0 Å². The van der Waals surface area contributed by atoms with Crippen molar-refractivity contribution in [2.45, 2.75) is 58.4 Å². The predicted molar refractivity (Wildman–Crippen MR) is 88.6 cm³/mol. The molecule has 21 heavy (non-hydrogen) atoms. The van der Waals surface area contributed by atoms with E-state index in [-0.39, 0.29) is 0 Å². The van der Waals surface area contributed by atoms with E-state index in [4.69, 9.17) is 0 Å². The summed E-state index contributed by atoms with van der Waals surface area (Å²) in [5, 5.41) is 3.42. The first-order valence-electron chi connectivity index (χ1n) is 8.37. The summed E-state index contributed by atoms with van der Waals surface area (Å²) in [7, 11) is 0. The highest BCUT2D eigenvalue weighted by Gasteiger charge is 2.24. The average molecular weight is 288 g/mol. The Kier molecular flexibility index (Phi) is 6.09. The number of amides is 1.